The van der Waals surface area contributed by atoms with Crippen molar-refractivity contribution in [3.8, 4) is 0 Å². The molecule has 0 saturated carbocycles. The van der Waals surface area contributed by atoms with Crippen molar-refractivity contribution >= 4 is 11.8 Å². The molecule has 1 fully saturated rings. The van der Waals surface area contributed by atoms with E-state index in [0.29, 0.717) is 6.04 Å². The molecule has 1 aromatic rings. The summed E-state index contributed by atoms with van der Waals surface area (Å²) in [4.78, 5) is 11.1. The lowest BCUT2D eigenvalue weighted by Gasteiger charge is -2.07. The molecule has 2 N–H and O–H groups in total. The Morgan fingerprint density at radius 3 is 3.14 bits per heavy atom. The molecule has 78 valence electrons. The third-order valence-electron chi connectivity index (χ3n) is 2.41. The molecule has 6 heteroatoms. The highest BCUT2D eigenvalue weighted by atomic mass is 32.2. The highest BCUT2D eigenvalue weighted by molar-refractivity contribution is 7.99. The van der Waals surface area contributed by atoms with Crippen LogP contribution in [0.4, 0.5) is 0 Å². The molecule has 0 aliphatic carbocycles. The molecule has 0 amide bonds. The maximum absolute atomic E-state index is 11.1. The lowest BCUT2D eigenvalue weighted by Crippen LogP contribution is -2.24. The molecule has 5 nitrogen and oxygen atoms in total. The van der Waals surface area contributed by atoms with Gasteiger partial charge in [-0.3, -0.25) is 4.57 Å². The second-order valence-electron chi connectivity index (χ2n) is 3.47. The fourth-order valence-electron chi connectivity index (χ4n) is 1.54. The Hall–Kier alpha value is -0.750. The summed E-state index contributed by atoms with van der Waals surface area (Å²) in [7, 11) is 1.73. The van der Waals surface area contributed by atoms with Gasteiger partial charge in [-0.2, -0.15) is 0 Å². The van der Waals surface area contributed by atoms with Gasteiger partial charge in [-0.1, -0.05) is 11.8 Å². The zero-order chi connectivity index (χ0) is 9.97. The lowest BCUT2D eigenvalue weighted by atomic mass is 10.3. The first kappa shape index (κ1) is 9.79. The van der Waals surface area contributed by atoms with Gasteiger partial charge >= 0.3 is 5.69 Å². The number of aromatic amines is 1. The predicted molar refractivity (Wildman–Crippen MR) is 55.6 cm³/mol. The highest BCUT2D eigenvalue weighted by Crippen LogP contribution is 2.17. The molecule has 1 aromatic heterocycles. The van der Waals surface area contributed by atoms with Crippen LogP contribution in [0.15, 0.2) is 9.95 Å². The summed E-state index contributed by atoms with van der Waals surface area (Å²) in [6.07, 6.45) is 2.48. The number of hydrogen-bond donors (Lipinski definition) is 2. The van der Waals surface area contributed by atoms with Crippen molar-refractivity contribution in [1.82, 2.24) is 20.1 Å². The molecule has 1 aliphatic heterocycles. The number of thioether (sulfide) groups is 1. The van der Waals surface area contributed by atoms with Gasteiger partial charge in [0.05, 0.1) is 0 Å². The van der Waals surface area contributed by atoms with E-state index in [2.05, 4.69) is 15.5 Å². The van der Waals surface area contributed by atoms with E-state index in [1.54, 1.807) is 23.4 Å². The summed E-state index contributed by atoms with van der Waals surface area (Å²) in [6, 6.07) is 0.576. The summed E-state index contributed by atoms with van der Waals surface area (Å²) >= 11 is 1.62. The fraction of sp³-hybridized carbons (Fsp3) is 0.750. The van der Waals surface area contributed by atoms with E-state index in [0.717, 1.165) is 17.5 Å². The van der Waals surface area contributed by atoms with Gasteiger partial charge in [0.1, 0.15) is 0 Å². The average molecular weight is 214 g/mol. The smallest absolute Gasteiger partial charge is 0.313 e. The largest absolute Gasteiger partial charge is 0.343 e. The van der Waals surface area contributed by atoms with Crippen molar-refractivity contribution in [3.05, 3.63) is 10.5 Å². The Balaban J connectivity index is 1.91. The normalized spacial score (nSPS) is 21.6. The minimum Gasteiger partial charge on any atom is -0.313 e. The monoisotopic (exact) mass is 214 g/mol. The molecule has 0 aromatic carbocycles. The first-order chi connectivity index (χ1) is 6.77. The molecule has 0 unspecified atom stereocenters. The van der Waals surface area contributed by atoms with Gasteiger partial charge in [-0.05, 0) is 19.4 Å². The molecular weight excluding hydrogens is 200 g/mol. The van der Waals surface area contributed by atoms with Crippen molar-refractivity contribution in [2.45, 2.75) is 24.0 Å². The van der Waals surface area contributed by atoms with Crippen molar-refractivity contribution in [2.75, 3.05) is 12.3 Å². The number of nitrogens with zero attached hydrogens (tertiary/aromatic N) is 2. The zero-order valence-electron chi connectivity index (χ0n) is 8.12. The summed E-state index contributed by atoms with van der Waals surface area (Å²) in [5.41, 5.74) is -0.146. The van der Waals surface area contributed by atoms with Crippen LogP contribution < -0.4 is 11.0 Å². The van der Waals surface area contributed by atoms with Gasteiger partial charge in [0, 0.05) is 18.8 Å². The minimum absolute atomic E-state index is 0.146. The van der Waals surface area contributed by atoms with E-state index in [1.165, 1.54) is 12.8 Å². The SMILES string of the molecule is Cn1c(SC[C@H]2CCCN2)n[nH]c1=O. The predicted octanol–water partition coefficient (Wildman–Crippen LogP) is -0.0475. The van der Waals surface area contributed by atoms with Crippen molar-refractivity contribution < 1.29 is 0 Å². The third-order valence-corrected chi connectivity index (χ3v) is 3.61. The van der Waals surface area contributed by atoms with Gasteiger partial charge in [0.2, 0.25) is 0 Å². The number of rotatable bonds is 3. The second kappa shape index (κ2) is 4.18. The average Bonchev–Trinajstić information content (AvgIpc) is 2.77. The van der Waals surface area contributed by atoms with Crippen molar-refractivity contribution in [1.29, 1.82) is 0 Å². The van der Waals surface area contributed by atoms with Crippen LogP contribution in [0.5, 0.6) is 0 Å². The highest BCUT2D eigenvalue weighted by Gasteiger charge is 2.15. The van der Waals surface area contributed by atoms with Gasteiger partial charge in [-0.25, -0.2) is 9.89 Å². The molecule has 1 aliphatic rings. The van der Waals surface area contributed by atoms with E-state index in [9.17, 15) is 4.79 Å². The Morgan fingerprint density at radius 2 is 2.57 bits per heavy atom. The number of nitrogens with one attached hydrogen (secondary N) is 2. The summed E-state index contributed by atoms with van der Waals surface area (Å²) in [5, 5.41) is 10.5. The molecule has 2 rings (SSSR count). The van der Waals surface area contributed by atoms with Crippen LogP contribution in [0.2, 0.25) is 0 Å². The Morgan fingerprint density at radius 1 is 1.71 bits per heavy atom. The van der Waals surface area contributed by atoms with E-state index >= 15 is 0 Å². The summed E-state index contributed by atoms with van der Waals surface area (Å²) < 4.78 is 1.54. The molecule has 0 radical (unpaired) electrons. The van der Waals surface area contributed by atoms with E-state index in [-0.39, 0.29) is 5.69 Å². The summed E-state index contributed by atoms with van der Waals surface area (Å²) in [5.74, 6) is 0.984. The molecule has 14 heavy (non-hydrogen) atoms. The lowest BCUT2D eigenvalue weighted by molar-refractivity contribution is 0.670. The number of H-pyrrole nitrogens is 1. The molecule has 0 bridgehead atoms. The quantitative estimate of drug-likeness (QED) is 0.693. The number of aromatic nitrogens is 3. The zero-order valence-corrected chi connectivity index (χ0v) is 8.93. The minimum atomic E-state index is -0.146. The van der Waals surface area contributed by atoms with Crippen LogP contribution >= 0.6 is 11.8 Å². The van der Waals surface area contributed by atoms with Crippen LogP contribution in [-0.4, -0.2) is 33.1 Å². The molecule has 1 atom stereocenters. The first-order valence-electron chi connectivity index (χ1n) is 4.75. The van der Waals surface area contributed by atoms with Crippen LogP contribution in [-0.2, 0) is 7.05 Å². The first-order valence-corrected chi connectivity index (χ1v) is 5.73. The number of hydrogen-bond acceptors (Lipinski definition) is 4. The van der Waals surface area contributed by atoms with Crippen LogP contribution in [0.3, 0.4) is 0 Å². The second-order valence-corrected chi connectivity index (χ2v) is 4.46. The maximum Gasteiger partial charge on any atom is 0.343 e. The molecule has 2 heterocycles. The van der Waals surface area contributed by atoms with Gasteiger partial charge in [0.15, 0.2) is 5.16 Å². The standard InChI is InChI=1S/C8H14N4OS/c1-12-7(13)10-11-8(12)14-5-6-3-2-4-9-6/h6,9H,2-5H2,1H3,(H,10,13)/t6-/m1/s1. The van der Waals surface area contributed by atoms with E-state index in [4.69, 9.17) is 0 Å². The Labute approximate surface area is 86.3 Å². The Kier molecular flexibility index (Phi) is 2.93. The van der Waals surface area contributed by atoms with E-state index in [1.807, 2.05) is 0 Å². The molecular formula is C8H14N4OS. The molecule has 0 spiro atoms. The van der Waals surface area contributed by atoms with Crippen LogP contribution in [0, 0.1) is 0 Å². The van der Waals surface area contributed by atoms with Crippen LogP contribution in [0.25, 0.3) is 0 Å². The van der Waals surface area contributed by atoms with Gasteiger partial charge < -0.3 is 5.32 Å². The Bertz CT molecular complexity index is 352. The third kappa shape index (κ3) is 2.01. The fourth-order valence-corrected chi connectivity index (χ4v) is 2.56. The van der Waals surface area contributed by atoms with Gasteiger partial charge in [0.25, 0.3) is 0 Å². The maximum atomic E-state index is 11.1. The van der Waals surface area contributed by atoms with Crippen LogP contribution in [0.1, 0.15) is 12.8 Å². The van der Waals surface area contributed by atoms with E-state index < -0.39 is 0 Å². The topological polar surface area (TPSA) is 62.7 Å². The van der Waals surface area contributed by atoms with Gasteiger partial charge in [-0.15, -0.1) is 5.10 Å². The van der Waals surface area contributed by atoms with Crippen molar-refractivity contribution in [3.63, 3.8) is 0 Å². The molecule has 1 saturated heterocycles. The van der Waals surface area contributed by atoms with Crippen molar-refractivity contribution in [2.24, 2.45) is 7.05 Å². The summed E-state index contributed by atoms with van der Waals surface area (Å²) in [6.45, 7) is 1.12.